The number of carbonyl (C=O) groups excluding carboxylic acids is 2. The Morgan fingerprint density at radius 2 is 1.82 bits per heavy atom. The summed E-state index contributed by atoms with van der Waals surface area (Å²) < 4.78 is 28.6. The van der Waals surface area contributed by atoms with Crippen molar-refractivity contribution in [3.05, 3.63) is 53.7 Å². The van der Waals surface area contributed by atoms with Crippen molar-refractivity contribution >= 4 is 27.2 Å². The molecule has 6 nitrogen and oxygen atoms in total. The molecule has 5 atom stereocenters. The lowest BCUT2D eigenvalue weighted by atomic mass is 9.57. The lowest BCUT2D eigenvalue weighted by molar-refractivity contribution is -0.148. The number of fused-ring (bicyclic) bond motifs is 5. The van der Waals surface area contributed by atoms with Crippen molar-refractivity contribution in [3.63, 3.8) is 0 Å². The van der Waals surface area contributed by atoms with E-state index in [1.165, 1.54) is 9.88 Å². The number of nitrogens with zero attached hydrogens (tertiary/aromatic N) is 2. The molecule has 2 saturated carbocycles. The standard InChI is InChI=1S/C26H32N2O4S/c1-27(2)14-15-33(31,32)28-16-21(17-8-4-3-5-9-17)23-24(28)20-13-12-18-10-6-7-11-19(18)22(20)25(29)26(23)30/h3-5,8-9,12,16,19-20,22-24H,6-7,10-11,13-15H2,1-2H3. The molecule has 7 heteroatoms. The van der Waals surface area contributed by atoms with Gasteiger partial charge < -0.3 is 4.90 Å². The van der Waals surface area contributed by atoms with Crippen LogP contribution in [-0.4, -0.2) is 61.6 Å². The number of rotatable bonds is 5. The first-order chi connectivity index (χ1) is 15.8. The molecule has 1 aromatic rings. The molecule has 0 bridgehead atoms. The Kier molecular flexibility index (Phi) is 5.81. The monoisotopic (exact) mass is 468 g/mol. The predicted molar refractivity (Wildman–Crippen MR) is 128 cm³/mol. The summed E-state index contributed by atoms with van der Waals surface area (Å²) in [6, 6.07) is 8.91. The lowest BCUT2D eigenvalue weighted by Crippen LogP contribution is -2.58. The highest BCUT2D eigenvalue weighted by atomic mass is 32.2. The fraction of sp³-hybridized carbons (Fsp3) is 0.538. The van der Waals surface area contributed by atoms with Gasteiger partial charge in [-0.1, -0.05) is 48.4 Å². The normalized spacial score (nSPS) is 31.6. The van der Waals surface area contributed by atoms with Gasteiger partial charge in [-0.2, -0.15) is 0 Å². The summed E-state index contributed by atoms with van der Waals surface area (Å²) in [6.07, 6.45) is 8.64. The van der Waals surface area contributed by atoms with Crippen molar-refractivity contribution in [2.45, 2.75) is 38.1 Å². The van der Waals surface area contributed by atoms with Gasteiger partial charge in [0.1, 0.15) is 0 Å². The highest BCUT2D eigenvalue weighted by Gasteiger charge is 2.59. The topological polar surface area (TPSA) is 74.8 Å². The second kappa shape index (κ2) is 8.51. The molecule has 0 radical (unpaired) electrons. The highest BCUT2D eigenvalue weighted by molar-refractivity contribution is 7.89. The van der Waals surface area contributed by atoms with Crippen LogP contribution >= 0.6 is 0 Å². The lowest BCUT2D eigenvalue weighted by Gasteiger charge is -2.48. The maximum absolute atomic E-state index is 13.6. The zero-order valence-corrected chi connectivity index (χ0v) is 20.1. The molecule has 4 aliphatic rings. The Morgan fingerprint density at radius 1 is 1.06 bits per heavy atom. The molecule has 0 spiro atoms. The quantitative estimate of drug-likeness (QED) is 0.490. The van der Waals surface area contributed by atoms with Gasteiger partial charge in [0.15, 0.2) is 0 Å². The van der Waals surface area contributed by atoms with Crippen molar-refractivity contribution in [2.24, 2.45) is 23.7 Å². The Bertz CT molecular complexity index is 1120. The second-order valence-corrected chi connectivity index (χ2v) is 12.1. The third-order valence-electron chi connectivity index (χ3n) is 7.98. The van der Waals surface area contributed by atoms with Gasteiger partial charge in [0.05, 0.1) is 17.7 Å². The minimum Gasteiger partial charge on any atom is -0.308 e. The van der Waals surface area contributed by atoms with Crippen LogP contribution in [0.1, 0.15) is 37.7 Å². The van der Waals surface area contributed by atoms with E-state index >= 15 is 0 Å². The van der Waals surface area contributed by atoms with Crippen molar-refractivity contribution in [1.82, 2.24) is 9.21 Å². The molecule has 1 aliphatic heterocycles. The molecule has 2 fully saturated rings. The second-order valence-electron chi connectivity index (χ2n) is 10.2. The van der Waals surface area contributed by atoms with Gasteiger partial charge in [-0.15, -0.1) is 0 Å². The van der Waals surface area contributed by atoms with Gasteiger partial charge in [-0.05, 0) is 62.8 Å². The van der Waals surface area contributed by atoms with E-state index in [4.69, 9.17) is 0 Å². The minimum absolute atomic E-state index is 0.0220. The van der Waals surface area contributed by atoms with Gasteiger partial charge >= 0.3 is 0 Å². The summed E-state index contributed by atoms with van der Waals surface area (Å²) in [5.74, 6) is -1.92. The number of benzene rings is 1. The van der Waals surface area contributed by atoms with E-state index < -0.39 is 33.7 Å². The van der Waals surface area contributed by atoms with E-state index in [9.17, 15) is 18.0 Å². The van der Waals surface area contributed by atoms with Gasteiger partial charge in [0.2, 0.25) is 21.6 Å². The smallest absolute Gasteiger partial charge is 0.236 e. The summed E-state index contributed by atoms with van der Waals surface area (Å²) in [6.45, 7) is 0.401. The third-order valence-corrected chi connectivity index (χ3v) is 9.67. The maximum atomic E-state index is 13.6. The van der Waals surface area contributed by atoms with Crippen molar-refractivity contribution in [2.75, 3.05) is 26.4 Å². The Labute approximate surface area is 196 Å². The van der Waals surface area contributed by atoms with Crippen LogP contribution in [-0.2, 0) is 19.6 Å². The minimum atomic E-state index is -3.66. The van der Waals surface area contributed by atoms with E-state index in [1.54, 1.807) is 6.20 Å². The molecule has 1 heterocycles. The SMILES string of the molecule is CN(C)CCS(=O)(=O)N1C=C(c2ccccc2)C2C(=O)C(=O)C3C4CCCCC4=CCC3C21. The zero-order chi connectivity index (χ0) is 23.3. The van der Waals surface area contributed by atoms with Crippen molar-refractivity contribution in [1.29, 1.82) is 0 Å². The maximum Gasteiger partial charge on any atom is 0.236 e. The highest BCUT2D eigenvalue weighted by Crippen LogP contribution is 2.53. The van der Waals surface area contributed by atoms with Gasteiger partial charge in [0.25, 0.3) is 0 Å². The number of hydrogen-bond donors (Lipinski definition) is 0. The number of sulfonamides is 1. The van der Waals surface area contributed by atoms with Crippen LogP contribution in [0.25, 0.3) is 5.57 Å². The van der Waals surface area contributed by atoms with Crippen molar-refractivity contribution < 1.29 is 18.0 Å². The molecule has 1 aromatic carbocycles. The Morgan fingerprint density at radius 3 is 2.55 bits per heavy atom. The average molecular weight is 469 g/mol. The molecule has 3 aliphatic carbocycles. The first-order valence-corrected chi connectivity index (χ1v) is 13.6. The molecule has 0 saturated heterocycles. The number of Topliss-reactive ketones (excluding diaryl/α,β-unsaturated/α-hetero) is 2. The van der Waals surface area contributed by atoms with Crippen LogP contribution in [0.2, 0.25) is 0 Å². The van der Waals surface area contributed by atoms with E-state index in [2.05, 4.69) is 6.08 Å². The first-order valence-electron chi connectivity index (χ1n) is 12.0. The summed E-state index contributed by atoms with van der Waals surface area (Å²) in [4.78, 5) is 29.0. The predicted octanol–water partition coefficient (Wildman–Crippen LogP) is 3.12. The van der Waals surface area contributed by atoms with Crippen LogP contribution in [0.3, 0.4) is 0 Å². The van der Waals surface area contributed by atoms with E-state index in [0.29, 0.717) is 18.5 Å². The molecule has 0 aromatic heterocycles. The summed E-state index contributed by atoms with van der Waals surface area (Å²) in [5, 5.41) is 0. The number of allylic oxidation sites excluding steroid dienone is 2. The molecular formula is C26H32N2O4S. The molecule has 5 unspecified atom stereocenters. The molecular weight excluding hydrogens is 436 g/mol. The average Bonchev–Trinajstić information content (AvgIpc) is 3.23. The van der Waals surface area contributed by atoms with Crippen molar-refractivity contribution in [3.8, 4) is 0 Å². The van der Waals surface area contributed by atoms with Crippen LogP contribution in [0.5, 0.6) is 0 Å². The summed E-state index contributed by atoms with van der Waals surface area (Å²) in [5.41, 5.74) is 2.77. The number of carbonyl (C=O) groups is 2. The van der Waals surface area contributed by atoms with Gasteiger partial charge in [0, 0.05) is 18.7 Å². The van der Waals surface area contributed by atoms with E-state index in [-0.39, 0.29) is 23.4 Å². The van der Waals surface area contributed by atoms with Crippen LogP contribution < -0.4 is 0 Å². The first kappa shape index (κ1) is 22.5. The molecule has 0 amide bonds. The fourth-order valence-corrected chi connectivity index (χ4v) is 8.16. The van der Waals surface area contributed by atoms with Gasteiger partial charge in [-0.25, -0.2) is 8.42 Å². The van der Waals surface area contributed by atoms with Crippen LogP contribution in [0.15, 0.2) is 48.2 Å². The largest absolute Gasteiger partial charge is 0.308 e. The summed E-state index contributed by atoms with van der Waals surface area (Å²) in [7, 11) is 0.0441. The molecule has 176 valence electrons. The van der Waals surface area contributed by atoms with E-state index in [1.807, 2.05) is 49.3 Å². The van der Waals surface area contributed by atoms with Crippen LogP contribution in [0, 0.1) is 23.7 Å². The molecule has 5 rings (SSSR count). The van der Waals surface area contributed by atoms with Gasteiger partial charge in [-0.3, -0.25) is 13.9 Å². The fourth-order valence-electron chi connectivity index (χ4n) is 6.43. The van der Waals surface area contributed by atoms with Crippen LogP contribution in [0.4, 0.5) is 0 Å². The Balaban J connectivity index is 1.60. The molecule has 33 heavy (non-hydrogen) atoms. The van der Waals surface area contributed by atoms with E-state index in [0.717, 1.165) is 31.2 Å². The molecule has 0 N–H and O–H groups in total. The zero-order valence-electron chi connectivity index (χ0n) is 19.3. The number of ketones is 2. The Hall–Kier alpha value is -2.25. The third kappa shape index (κ3) is 3.79. The summed E-state index contributed by atoms with van der Waals surface area (Å²) >= 11 is 0. The number of hydrogen-bond acceptors (Lipinski definition) is 5.